The van der Waals surface area contributed by atoms with Crippen LogP contribution in [0.25, 0.3) is 0 Å². The molecule has 2 rings (SSSR count). The number of aliphatic hydroxyl groups excluding tert-OH is 1. The molecule has 1 aliphatic rings. The largest absolute Gasteiger partial charge is 0.480 e. The summed E-state index contributed by atoms with van der Waals surface area (Å²) >= 11 is 5.70. The van der Waals surface area contributed by atoms with Crippen molar-refractivity contribution in [2.24, 2.45) is 0 Å². The molecule has 1 saturated heterocycles. The molecule has 0 bridgehead atoms. The van der Waals surface area contributed by atoms with E-state index in [1.54, 1.807) is 0 Å². The number of rotatable bonds is 2. The number of carbonyl (C=O) groups excluding carboxylic acids is 1. The third-order valence-electron chi connectivity index (χ3n) is 2.86. The zero-order chi connectivity index (χ0) is 14.2. The number of carboxylic acid groups (broad SMARTS) is 1. The van der Waals surface area contributed by atoms with Crippen LogP contribution in [0.15, 0.2) is 12.3 Å². The molecule has 0 unspecified atom stereocenters. The number of aromatic nitrogens is 1. The van der Waals surface area contributed by atoms with Crippen LogP contribution in [0.1, 0.15) is 16.8 Å². The number of carbonyl (C=O) groups is 2. The third kappa shape index (κ3) is 2.66. The van der Waals surface area contributed by atoms with Crippen LogP contribution in [0.2, 0.25) is 5.15 Å². The van der Waals surface area contributed by atoms with E-state index in [9.17, 15) is 19.1 Å². The number of nitrogens with zero attached hydrogens (tertiary/aromatic N) is 2. The van der Waals surface area contributed by atoms with Crippen LogP contribution >= 0.6 is 11.6 Å². The molecule has 0 aromatic carbocycles. The Labute approximate surface area is 112 Å². The van der Waals surface area contributed by atoms with E-state index in [0.29, 0.717) is 0 Å². The van der Waals surface area contributed by atoms with Crippen molar-refractivity contribution < 1.29 is 24.2 Å². The molecule has 1 aromatic rings. The van der Waals surface area contributed by atoms with Crippen LogP contribution < -0.4 is 0 Å². The zero-order valence-corrected chi connectivity index (χ0v) is 10.3. The fraction of sp³-hybridized carbons (Fsp3) is 0.364. The topological polar surface area (TPSA) is 90.7 Å². The lowest BCUT2D eigenvalue weighted by atomic mass is 10.2. The summed E-state index contributed by atoms with van der Waals surface area (Å²) in [6.07, 6.45) is -0.140. The van der Waals surface area contributed by atoms with Crippen molar-refractivity contribution in [3.8, 4) is 0 Å². The maximum atomic E-state index is 13.1. The number of amides is 1. The molecule has 2 heterocycles. The van der Waals surface area contributed by atoms with Crippen molar-refractivity contribution in [2.45, 2.75) is 18.6 Å². The molecule has 0 saturated carbocycles. The van der Waals surface area contributed by atoms with Gasteiger partial charge in [-0.1, -0.05) is 11.6 Å². The van der Waals surface area contributed by atoms with Gasteiger partial charge in [0.2, 0.25) is 0 Å². The first-order valence-corrected chi connectivity index (χ1v) is 5.81. The molecule has 1 fully saturated rings. The summed E-state index contributed by atoms with van der Waals surface area (Å²) in [4.78, 5) is 27.6. The van der Waals surface area contributed by atoms with Crippen LogP contribution in [-0.4, -0.2) is 50.7 Å². The van der Waals surface area contributed by atoms with Crippen molar-refractivity contribution in [2.75, 3.05) is 6.54 Å². The second kappa shape index (κ2) is 5.10. The number of β-amino-alcohol motifs (C(OH)–C–C–N with tert-alkyl or cyclic N) is 1. The monoisotopic (exact) mass is 288 g/mol. The second-order valence-corrected chi connectivity index (χ2v) is 4.55. The molecule has 2 atom stereocenters. The van der Waals surface area contributed by atoms with Gasteiger partial charge >= 0.3 is 5.97 Å². The summed E-state index contributed by atoms with van der Waals surface area (Å²) in [5.41, 5.74) is -0.220. The van der Waals surface area contributed by atoms with E-state index >= 15 is 0 Å². The van der Waals surface area contributed by atoms with Crippen molar-refractivity contribution in [3.05, 3.63) is 28.8 Å². The van der Waals surface area contributed by atoms with Crippen molar-refractivity contribution in [3.63, 3.8) is 0 Å². The standard InChI is InChI=1S/C11H10ClFN2O4/c12-9-7(1-5(13)3-14-9)10(17)15-4-6(16)2-8(15)11(18)19/h1,3,6,8,16H,2,4H2,(H,18,19)/t6-,8+/m1/s1. The highest BCUT2D eigenvalue weighted by atomic mass is 35.5. The Kier molecular flexibility index (Phi) is 3.68. The van der Waals surface area contributed by atoms with Gasteiger partial charge in [-0.25, -0.2) is 14.2 Å². The molecule has 19 heavy (non-hydrogen) atoms. The molecular weight excluding hydrogens is 279 g/mol. The van der Waals surface area contributed by atoms with Gasteiger partial charge in [0, 0.05) is 13.0 Å². The van der Waals surface area contributed by atoms with Crippen LogP contribution in [0.3, 0.4) is 0 Å². The molecule has 8 heteroatoms. The lowest BCUT2D eigenvalue weighted by Crippen LogP contribution is -2.40. The van der Waals surface area contributed by atoms with E-state index in [2.05, 4.69) is 4.98 Å². The van der Waals surface area contributed by atoms with Gasteiger partial charge in [-0.3, -0.25) is 4.79 Å². The molecule has 0 spiro atoms. The zero-order valence-electron chi connectivity index (χ0n) is 9.58. The fourth-order valence-corrected chi connectivity index (χ4v) is 2.18. The molecule has 2 N–H and O–H groups in total. The number of carboxylic acids is 1. The minimum atomic E-state index is -1.23. The minimum Gasteiger partial charge on any atom is -0.480 e. The Morgan fingerprint density at radius 2 is 2.21 bits per heavy atom. The molecule has 1 aliphatic heterocycles. The van der Waals surface area contributed by atoms with Crippen LogP contribution in [0.5, 0.6) is 0 Å². The van der Waals surface area contributed by atoms with E-state index in [1.165, 1.54) is 0 Å². The maximum Gasteiger partial charge on any atom is 0.326 e. The molecule has 102 valence electrons. The Balaban J connectivity index is 2.33. The Hall–Kier alpha value is -1.73. The highest BCUT2D eigenvalue weighted by molar-refractivity contribution is 6.32. The lowest BCUT2D eigenvalue weighted by molar-refractivity contribution is -0.141. The first-order valence-electron chi connectivity index (χ1n) is 5.43. The Morgan fingerprint density at radius 3 is 2.84 bits per heavy atom. The highest BCUT2D eigenvalue weighted by Crippen LogP contribution is 2.23. The number of aliphatic carboxylic acids is 1. The van der Waals surface area contributed by atoms with Gasteiger partial charge in [0.1, 0.15) is 17.0 Å². The second-order valence-electron chi connectivity index (χ2n) is 4.19. The summed E-state index contributed by atoms with van der Waals surface area (Å²) in [6, 6.07) is -0.261. The smallest absolute Gasteiger partial charge is 0.326 e. The Morgan fingerprint density at radius 1 is 1.53 bits per heavy atom. The number of halogens is 2. The maximum absolute atomic E-state index is 13.1. The average Bonchev–Trinajstić information content (AvgIpc) is 2.74. The first-order chi connectivity index (χ1) is 8.90. The Bertz CT molecular complexity index is 539. The van der Waals surface area contributed by atoms with E-state index in [-0.39, 0.29) is 23.7 Å². The van der Waals surface area contributed by atoms with Crippen molar-refractivity contribution in [1.82, 2.24) is 9.88 Å². The summed E-state index contributed by atoms with van der Waals surface area (Å²) in [5.74, 6) is -2.74. The van der Waals surface area contributed by atoms with Gasteiger partial charge < -0.3 is 15.1 Å². The van der Waals surface area contributed by atoms with Gasteiger partial charge in [-0.15, -0.1) is 0 Å². The van der Waals surface area contributed by atoms with Crippen LogP contribution in [0, 0.1) is 5.82 Å². The van der Waals surface area contributed by atoms with Gasteiger partial charge in [0.15, 0.2) is 0 Å². The van der Waals surface area contributed by atoms with Crippen LogP contribution in [-0.2, 0) is 4.79 Å². The van der Waals surface area contributed by atoms with E-state index in [0.717, 1.165) is 17.2 Å². The fourth-order valence-electron chi connectivity index (χ4n) is 2.00. The summed E-state index contributed by atoms with van der Waals surface area (Å²) in [7, 11) is 0. The van der Waals surface area contributed by atoms with Crippen LogP contribution in [0.4, 0.5) is 4.39 Å². The van der Waals surface area contributed by atoms with Gasteiger partial charge in [-0.05, 0) is 6.07 Å². The highest BCUT2D eigenvalue weighted by Gasteiger charge is 2.39. The molecular formula is C11H10ClFN2O4. The molecule has 0 radical (unpaired) electrons. The molecule has 1 aromatic heterocycles. The lowest BCUT2D eigenvalue weighted by Gasteiger charge is -2.21. The number of pyridine rings is 1. The van der Waals surface area contributed by atoms with Gasteiger partial charge in [0.05, 0.1) is 17.9 Å². The number of hydrogen-bond acceptors (Lipinski definition) is 4. The summed E-state index contributed by atoms with van der Waals surface area (Å²) in [5, 5.41) is 18.2. The quantitative estimate of drug-likeness (QED) is 0.775. The average molecular weight is 289 g/mol. The molecule has 1 amide bonds. The van der Waals surface area contributed by atoms with E-state index in [4.69, 9.17) is 16.7 Å². The predicted molar refractivity (Wildman–Crippen MR) is 62.3 cm³/mol. The molecule has 6 nitrogen and oxygen atoms in total. The van der Waals surface area contributed by atoms with Crippen molar-refractivity contribution in [1.29, 1.82) is 0 Å². The first kappa shape index (κ1) is 13.7. The van der Waals surface area contributed by atoms with Gasteiger partial charge in [-0.2, -0.15) is 0 Å². The van der Waals surface area contributed by atoms with E-state index in [1.807, 2.05) is 0 Å². The summed E-state index contributed by atoms with van der Waals surface area (Å²) < 4.78 is 13.1. The van der Waals surface area contributed by atoms with E-state index < -0.39 is 29.8 Å². The third-order valence-corrected chi connectivity index (χ3v) is 3.16. The number of likely N-dealkylation sites (tertiary alicyclic amines) is 1. The number of hydrogen-bond donors (Lipinski definition) is 2. The molecule has 0 aliphatic carbocycles. The predicted octanol–water partition coefficient (Wildman–Crippen LogP) is 0.534. The summed E-state index contributed by atoms with van der Waals surface area (Å²) in [6.45, 7) is -0.136. The number of aliphatic hydroxyl groups is 1. The van der Waals surface area contributed by atoms with Gasteiger partial charge in [0.25, 0.3) is 5.91 Å². The SMILES string of the molecule is O=C(O)[C@@H]1C[C@@H](O)CN1C(=O)c1cc(F)cnc1Cl. The minimum absolute atomic E-state index is 0.0680. The van der Waals surface area contributed by atoms with Crippen molar-refractivity contribution >= 4 is 23.5 Å². The normalized spacial score (nSPS) is 22.6.